The average molecular weight is 229 g/mol. The first kappa shape index (κ1) is 10.5. The second kappa shape index (κ2) is 4.30. The molecule has 1 aliphatic rings. The van der Waals surface area contributed by atoms with E-state index in [0.29, 0.717) is 11.8 Å². The summed E-state index contributed by atoms with van der Waals surface area (Å²) in [5.41, 5.74) is 7.25. The molecule has 0 aliphatic heterocycles. The fraction of sp³-hybridized carbons (Fsp3) is 0.385. The lowest BCUT2D eigenvalue weighted by atomic mass is 10.1. The van der Waals surface area contributed by atoms with E-state index in [1.165, 1.54) is 18.4 Å². The summed E-state index contributed by atoms with van der Waals surface area (Å²) in [7, 11) is 0. The SMILES string of the molecule is N[C@@H](Cc1ccccc1)c1nc(C2CC2)no1. The van der Waals surface area contributed by atoms with Crippen molar-refractivity contribution in [2.45, 2.75) is 31.2 Å². The van der Waals surface area contributed by atoms with Gasteiger partial charge in [0.05, 0.1) is 6.04 Å². The summed E-state index contributed by atoms with van der Waals surface area (Å²) in [6.07, 6.45) is 3.08. The predicted octanol–water partition coefficient (Wildman–Crippen LogP) is 2.19. The van der Waals surface area contributed by atoms with Crippen LogP contribution in [0.3, 0.4) is 0 Å². The number of hydrogen-bond acceptors (Lipinski definition) is 4. The van der Waals surface area contributed by atoms with Crippen LogP contribution in [0.2, 0.25) is 0 Å². The molecule has 0 unspecified atom stereocenters. The summed E-state index contributed by atoms with van der Waals surface area (Å²) in [6, 6.07) is 9.90. The average Bonchev–Trinajstić information content (AvgIpc) is 3.08. The third-order valence-corrected chi connectivity index (χ3v) is 3.02. The fourth-order valence-corrected chi connectivity index (χ4v) is 1.86. The van der Waals surface area contributed by atoms with E-state index >= 15 is 0 Å². The molecule has 1 atom stereocenters. The normalized spacial score (nSPS) is 17.0. The minimum atomic E-state index is -0.211. The molecule has 17 heavy (non-hydrogen) atoms. The second-order valence-electron chi connectivity index (χ2n) is 4.56. The van der Waals surface area contributed by atoms with Gasteiger partial charge in [-0.25, -0.2) is 0 Å². The Morgan fingerprint density at radius 3 is 2.76 bits per heavy atom. The quantitative estimate of drug-likeness (QED) is 0.872. The van der Waals surface area contributed by atoms with E-state index in [2.05, 4.69) is 22.3 Å². The molecule has 4 heteroatoms. The van der Waals surface area contributed by atoms with E-state index in [4.69, 9.17) is 10.3 Å². The van der Waals surface area contributed by atoms with Gasteiger partial charge < -0.3 is 10.3 Å². The van der Waals surface area contributed by atoms with Gasteiger partial charge in [0.1, 0.15) is 0 Å². The summed E-state index contributed by atoms with van der Waals surface area (Å²) >= 11 is 0. The van der Waals surface area contributed by atoms with Crippen molar-refractivity contribution in [2.75, 3.05) is 0 Å². The van der Waals surface area contributed by atoms with Crippen molar-refractivity contribution in [3.05, 3.63) is 47.6 Å². The highest BCUT2D eigenvalue weighted by atomic mass is 16.5. The van der Waals surface area contributed by atoms with Crippen LogP contribution in [-0.4, -0.2) is 10.1 Å². The smallest absolute Gasteiger partial charge is 0.243 e. The largest absolute Gasteiger partial charge is 0.338 e. The van der Waals surface area contributed by atoms with Crippen LogP contribution in [0.4, 0.5) is 0 Å². The van der Waals surface area contributed by atoms with Gasteiger partial charge in [-0.05, 0) is 24.8 Å². The molecular formula is C13H15N3O. The van der Waals surface area contributed by atoms with Gasteiger partial charge >= 0.3 is 0 Å². The van der Waals surface area contributed by atoms with Crippen molar-refractivity contribution in [3.8, 4) is 0 Å². The Hall–Kier alpha value is -1.68. The van der Waals surface area contributed by atoms with E-state index in [1.807, 2.05) is 18.2 Å². The molecule has 1 aromatic heterocycles. The van der Waals surface area contributed by atoms with Crippen LogP contribution in [0, 0.1) is 0 Å². The van der Waals surface area contributed by atoms with Crippen molar-refractivity contribution in [3.63, 3.8) is 0 Å². The zero-order chi connectivity index (χ0) is 11.7. The van der Waals surface area contributed by atoms with E-state index < -0.39 is 0 Å². The van der Waals surface area contributed by atoms with Crippen LogP contribution in [0.1, 0.15) is 42.1 Å². The van der Waals surface area contributed by atoms with E-state index in [-0.39, 0.29) is 6.04 Å². The Bertz CT molecular complexity index is 490. The highest BCUT2D eigenvalue weighted by molar-refractivity contribution is 5.17. The maximum atomic E-state index is 6.06. The zero-order valence-electron chi connectivity index (χ0n) is 9.54. The van der Waals surface area contributed by atoms with Gasteiger partial charge in [0.15, 0.2) is 5.82 Å². The van der Waals surface area contributed by atoms with Gasteiger partial charge in [-0.1, -0.05) is 35.5 Å². The summed E-state index contributed by atoms with van der Waals surface area (Å²) in [5.74, 6) is 1.88. The fourth-order valence-electron chi connectivity index (χ4n) is 1.86. The zero-order valence-corrected chi connectivity index (χ0v) is 9.54. The lowest BCUT2D eigenvalue weighted by molar-refractivity contribution is 0.350. The van der Waals surface area contributed by atoms with Crippen LogP contribution in [0.15, 0.2) is 34.9 Å². The number of benzene rings is 1. The van der Waals surface area contributed by atoms with Gasteiger partial charge in [0.2, 0.25) is 5.89 Å². The van der Waals surface area contributed by atoms with Crippen molar-refractivity contribution >= 4 is 0 Å². The maximum absolute atomic E-state index is 6.06. The van der Waals surface area contributed by atoms with Crippen LogP contribution >= 0.6 is 0 Å². The van der Waals surface area contributed by atoms with E-state index in [1.54, 1.807) is 0 Å². The molecule has 2 N–H and O–H groups in total. The summed E-state index contributed by atoms with van der Waals surface area (Å²) in [5, 5.41) is 3.97. The van der Waals surface area contributed by atoms with Crippen molar-refractivity contribution in [1.82, 2.24) is 10.1 Å². The Kier molecular flexibility index (Phi) is 2.65. The third-order valence-electron chi connectivity index (χ3n) is 3.02. The number of rotatable bonds is 4. The molecule has 0 amide bonds. The first-order valence-electron chi connectivity index (χ1n) is 5.96. The molecule has 1 fully saturated rings. The lowest BCUT2D eigenvalue weighted by Gasteiger charge is -2.05. The van der Waals surface area contributed by atoms with E-state index in [9.17, 15) is 0 Å². The highest BCUT2D eigenvalue weighted by Gasteiger charge is 2.29. The molecular weight excluding hydrogens is 214 g/mol. The van der Waals surface area contributed by atoms with Crippen molar-refractivity contribution in [1.29, 1.82) is 0 Å². The van der Waals surface area contributed by atoms with Crippen LogP contribution < -0.4 is 5.73 Å². The van der Waals surface area contributed by atoms with Crippen LogP contribution in [0.5, 0.6) is 0 Å². The molecule has 0 radical (unpaired) electrons. The van der Waals surface area contributed by atoms with E-state index in [0.717, 1.165) is 12.2 Å². The van der Waals surface area contributed by atoms with Gasteiger partial charge in [-0.2, -0.15) is 4.98 Å². The van der Waals surface area contributed by atoms with Crippen LogP contribution in [-0.2, 0) is 6.42 Å². The minimum Gasteiger partial charge on any atom is -0.338 e. The molecule has 0 bridgehead atoms. The standard InChI is InChI=1S/C13H15N3O/c14-11(8-9-4-2-1-3-5-9)13-15-12(16-17-13)10-6-7-10/h1-5,10-11H,6-8,14H2/t11-/m0/s1. The molecule has 88 valence electrons. The molecule has 3 rings (SSSR count). The molecule has 4 nitrogen and oxygen atoms in total. The van der Waals surface area contributed by atoms with Gasteiger partial charge in [0, 0.05) is 5.92 Å². The number of nitrogens with zero attached hydrogens (tertiary/aromatic N) is 2. The minimum absolute atomic E-state index is 0.211. The molecule has 1 saturated carbocycles. The molecule has 2 aromatic rings. The molecule has 1 heterocycles. The molecule has 0 spiro atoms. The third kappa shape index (κ3) is 2.36. The van der Waals surface area contributed by atoms with Crippen LogP contribution in [0.25, 0.3) is 0 Å². The number of aromatic nitrogens is 2. The van der Waals surface area contributed by atoms with Crippen molar-refractivity contribution < 1.29 is 4.52 Å². The van der Waals surface area contributed by atoms with Gasteiger partial charge in [0.25, 0.3) is 0 Å². The van der Waals surface area contributed by atoms with Gasteiger partial charge in [-0.15, -0.1) is 0 Å². The Labute approximate surface area is 99.8 Å². The Morgan fingerprint density at radius 2 is 2.06 bits per heavy atom. The topological polar surface area (TPSA) is 64.9 Å². The summed E-state index contributed by atoms with van der Waals surface area (Å²) in [6.45, 7) is 0. The maximum Gasteiger partial charge on any atom is 0.243 e. The second-order valence-corrected chi connectivity index (χ2v) is 4.56. The lowest BCUT2D eigenvalue weighted by Crippen LogP contribution is -2.13. The number of nitrogens with two attached hydrogens (primary N) is 1. The highest BCUT2D eigenvalue weighted by Crippen LogP contribution is 2.38. The summed E-state index contributed by atoms with van der Waals surface area (Å²) in [4.78, 5) is 4.37. The predicted molar refractivity (Wildman–Crippen MR) is 63.3 cm³/mol. The summed E-state index contributed by atoms with van der Waals surface area (Å²) < 4.78 is 5.21. The first-order chi connectivity index (χ1) is 8.33. The molecule has 0 saturated heterocycles. The molecule has 1 aliphatic carbocycles. The molecule has 1 aromatic carbocycles. The Morgan fingerprint density at radius 1 is 1.29 bits per heavy atom. The van der Waals surface area contributed by atoms with Gasteiger partial charge in [-0.3, -0.25) is 0 Å². The number of hydrogen-bond donors (Lipinski definition) is 1. The first-order valence-corrected chi connectivity index (χ1v) is 5.96. The van der Waals surface area contributed by atoms with Crippen molar-refractivity contribution in [2.24, 2.45) is 5.73 Å². The Balaban J connectivity index is 1.70. The monoisotopic (exact) mass is 229 g/mol.